The van der Waals surface area contributed by atoms with E-state index in [9.17, 15) is 13.2 Å². The normalized spacial score (nSPS) is 16.0. The van der Waals surface area contributed by atoms with Gasteiger partial charge in [0.25, 0.3) is 5.91 Å². The van der Waals surface area contributed by atoms with Crippen molar-refractivity contribution in [3.8, 4) is 11.6 Å². The Morgan fingerprint density at radius 2 is 1.90 bits per heavy atom. The van der Waals surface area contributed by atoms with Crippen LogP contribution in [0.5, 0.6) is 11.6 Å². The highest BCUT2D eigenvalue weighted by atomic mass is 32.2. The summed E-state index contributed by atoms with van der Waals surface area (Å²) in [5, 5.41) is 3.89. The minimum absolute atomic E-state index is 0.269. The lowest BCUT2D eigenvalue weighted by atomic mass is 9.98. The number of hydrogen-bond donors (Lipinski definition) is 1. The molecule has 1 aromatic carbocycles. The predicted molar refractivity (Wildman–Crippen MR) is 118 cm³/mol. The maximum absolute atomic E-state index is 13.0. The summed E-state index contributed by atoms with van der Waals surface area (Å²) in [6.07, 6.45) is 7.12. The van der Waals surface area contributed by atoms with Crippen LogP contribution in [0.15, 0.2) is 47.9 Å². The molecule has 30 heavy (non-hydrogen) atoms. The number of rotatable bonds is 7. The fourth-order valence-corrected chi connectivity index (χ4v) is 4.18. The smallest absolute Gasteiger partial charge is 0.257 e. The maximum Gasteiger partial charge on any atom is 0.257 e. The Morgan fingerprint density at radius 1 is 1.23 bits per heavy atom. The fourth-order valence-electron chi connectivity index (χ4n) is 3.66. The third kappa shape index (κ3) is 5.92. The minimum Gasteiger partial charge on any atom is -0.438 e. The molecule has 0 spiro atoms. The van der Waals surface area contributed by atoms with Crippen LogP contribution in [0.25, 0.3) is 0 Å². The zero-order chi connectivity index (χ0) is 21.7. The molecule has 6 nitrogen and oxygen atoms in total. The SMILES string of the molecule is Cc1cc(C(=O)N[C@@H](C)/C=C/S(C)(=O)=O)c(Oc2ccccc2)nc1C1CCCC1. The molecule has 1 amide bonds. The van der Waals surface area contributed by atoms with E-state index in [0.717, 1.165) is 35.8 Å². The number of aryl methyl sites for hydroxylation is 1. The Bertz CT molecular complexity index is 1030. The van der Waals surface area contributed by atoms with Crippen LogP contribution in [0.1, 0.15) is 60.1 Å². The molecule has 1 atom stereocenters. The van der Waals surface area contributed by atoms with E-state index >= 15 is 0 Å². The van der Waals surface area contributed by atoms with Gasteiger partial charge in [0.15, 0.2) is 9.84 Å². The Balaban J connectivity index is 1.92. The van der Waals surface area contributed by atoms with Crippen LogP contribution in [0.2, 0.25) is 0 Å². The molecule has 0 unspecified atom stereocenters. The highest BCUT2D eigenvalue weighted by Crippen LogP contribution is 2.37. The molecule has 1 aliphatic rings. The number of carbonyl (C=O) groups is 1. The molecule has 0 bridgehead atoms. The lowest BCUT2D eigenvalue weighted by molar-refractivity contribution is 0.0943. The molecule has 3 rings (SSSR count). The summed E-state index contributed by atoms with van der Waals surface area (Å²) in [5.74, 6) is 0.896. The Labute approximate surface area is 178 Å². The second-order valence-corrected chi connectivity index (χ2v) is 9.79. The zero-order valence-corrected chi connectivity index (χ0v) is 18.4. The van der Waals surface area contributed by atoms with Gasteiger partial charge in [-0.25, -0.2) is 13.4 Å². The first-order valence-electron chi connectivity index (χ1n) is 10.2. The van der Waals surface area contributed by atoms with Crippen molar-refractivity contribution in [2.24, 2.45) is 0 Å². The summed E-state index contributed by atoms with van der Waals surface area (Å²) in [6, 6.07) is 10.6. The van der Waals surface area contributed by atoms with E-state index in [1.54, 1.807) is 6.92 Å². The molecule has 1 saturated carbocycles. The third-order valence-electron chi connectivity index (χ3n) is 5.13. The summed E-state index contributed by atoms with van der Waals surface area (Å²) < 4.78 is 28.7. The van der Waals surface area contributed by atoms with E-state index in [1.807, 2.05) is 43.3 Å². The van der Waals surface area contributed by atoms with Crippen LogP contribution in [-0.2, 0) is 9.84 Å². The van der Waals surface area contributed by atoms with E-state index in [1.165, 1.54) is 18.9 Å². The van der Waals surface area contributed by atoms with Crippen LogP contribution in [0.3, 0.4) is 0 Å². The van der Waals surface area contributed by atoms with Gasteiger partial charge in [-0.2, -0.15) is 0 Å². The highest BCUT2D eigenvalue weighted by molar-refractivity contribution is 7.93. The molecule has 1 heterocycles. The second-order valence-electron chi connectivity index (χ2n) is 7.86. The van der Waals surface area contributed by atoms with E-state index in [2.05, 4.69) is 5.32 Å². The molecule has 0 radical (unpaired) electrons. The third-order valence-corrected chi connectivity index (χ3v) is 5.79. The van der Waals surface area contributed by atoms with Crippen molar-refractivity contribution in [1.29, 1.82) is 0 Å². The average Bonchev–Trinajstić information content (AvgIpc) is 3.22. The molecule has 1 N–H and O–H groups in total. The van der Waals surface area contributed by atoms with Gasteiger partial charge in [-0.15, -0.1) is 0 Å². The van der Waals surface area contributed by atoms with Crippen LogP contribution in [0, 0.1) is 6.92 Å². The van der Waals surface area contributed by atoms with Crippen molar-refractivity contribution in [2.75, 3.05) is 6.26 Å². The number of carbonyl (C=O) groups excluding carboxylic acids is 1. The van der Waals surface area contributed by atoms with Crippen molar-refractivity contribution in [2.45, 2.75) is 51.5 Å². The number of aromatic nitrogens is 1. The van der Waals surface area contributed by atoms with Crippen LogP contribution >= 0.6 is 0 Å². The van der Waals surface area contributed by atoms with Gasteiger partial charge in [0.05, 0.1) is 5.69 Å². The highest BCUT2D eigenvalue weighted by Gasteiger charge is 2.25. The number of hydrogen-bond acceptors (Lipinski definition) is 5. The topological polar surface area (TPSA) is 85.4 Å². The molecular weight excluding hydrogens is 400 g/mol. The number of ether oxygens (including phenoxy) is 1. The molecular formula is C23H28N2O4S. The number of benzene rings is 1. The van der Waals surface area contributed by atoms with E-state index in [0.29, 0.717) is 17.2 Å². The monoisotopic (exact) mass is 428 g/mol. The number of nitrogens with zero attached hydrogens (tertiary/aromatic N) is 1. The molecule has 0 aliphatic heterocycles. The molecule has 7 heteroatoms. The number of nitrogens with one attached hydrogen (secondary N) is 1. The van der Waals surface area contributed by atoms with Gasteiger partial charge in [0, 0.05) is 23.6 Å². The molecule has 160 valence electrons. The lowest BCUT2D eigenvalue weighted by Crippen LogP contribution is -2.31. The maximum atomic E-state index is 13.0. The molecule has 1 aliphatic carbocycles. The number of amides is 1. The summed E-state index contributed by atoms with van der Waals surface area (Å²) in [4.78, 5) is 17.7. The van der Waals surface area contributed by atoms with E-state index < -0.39 is 15.9 Å². The van der Waals surface area contributed by atoms with Crippen molar-refractivity contribution in [1.82, 2.24) is 10.3 Å². The zero-order valence-electron chi connectivity index (χ0n) is 17.6. The van der Waals surface area contributed by atoms with Crippen LogP contribution in [0.4, 0.5) is 0 Å². The van der Waals surface area contributed by atoms with Gasteiger partial charge in [0.1, 0.15) is 11.3 Å². The van der Waals surface area contributed by atoms with Gasteiger partial charge in [-0.3, -0.25) is 4.79 Å². The summed E-state index contributed by atoms with van der Waals surface area (Å²) in [5.41, 5.74) is 2.28. The second kappa shape index (κ2) is 9.43. The van der Waals surface area contributed by atoms with Crippen molar-refractivity contribution in [3.05, 3.63) is 64.7 Å². The van der Waals surface area contributed by atoms with Gasteiger partial charge in [0.2, 0.25) is 5.88 Å². The van der Waals surface area contributed by atoms with Crippen molar-refractivity contribution < 1.29 is 17.9 Å². The summed E-state index contributed by atoms with van der Waals surface area (Å²) >= 11 is 0. The van der Waals surface area contributed by atoms with E-state index in [4.69, 9.17) is 9.72 Å². The fraction of sp³-hybridized carbons (Fsp3) is 0.391. The molecule has 0 saturated heterocycles. The van der Waals surface area contributed by atoms with E-state index in [-0.39, 0.29) is 11.8 Å². The summed E-state index contributed by atoms with van der Waals surface area (Å²) in [6.45, 7) is 3.68. The Kier molecular flexibility index (Phi) is 6.92. The number of pyridine rings is 1. The van der Waals surface area contributed by atoms with Crippen molar-refractivity contribution in [3.63, 3.8) is 0 Å². The van der Waals surface area contributed by atoms with Gasteiger partial charge < -0.3 is 10.1 Å². The number of para-hydroxylation sites is 1. The first kappa shape index (κ1) is 22.0. The average molecular weight is 429 g/mol. The van der Waals surface area contributed by atoms with Gasteiger partial charge in [-0.1, -0.05) is 37.1 Å². The first-order chi connectivity index (χ1) is 14.2. The molecule has 1 aromatic heterocycles. The largest absolute Gasteiger partial charge is 0.438 e. The number of sulfone groups is 1. The summed E-state index contributed by atoms with van der Waals surface area (Å²) in [7, 11) is -3.26. The molecule has 1 fully saturated rings. The standard InChI is InChI=1S/C23H28N2O4S/c1-16-15-20(22(26)24-17(2)13-14-30(3,27)28)23(29-19-11-5-4-6-12-19)25-21(16)18-9-7-8-10-18/h4-6,11-15,17-18H,7-10H2,1-3H3,(H,24,26)/b14-13+/t17-/m0/s1. The Morgan fingerprint density at radius 3 is 2.53 bits per heavy atom. The predicted octanol–water partition coefficient (Wildman–Crippen LogP) is 4.52. The first-order valence-corrected chi connectivity index (χ1v) is 12.1. The van der Waals surface area contributed by atoms with Crippen LogP contribution in [-0.4, -0.2) is 31.6 Å². The Hall–Kier alpha value is -2.67. The molecule has 2 aromatic rings. The quantitative estimate of drug-likeness (QED) is 0.701. The van der Waals surface area contributed by atoms with Gasteiger partial charge >= 0.3 is 0 Å². The lowest BCUT2D eigenvalue weighted by Gasteiger charge is -2.18. The van der Waals surface area contributed by atoms with Crippen LogP contribution < -0.4 is 10.1 Å². The van der Waals surface area contributed by atoms with Gasteiger partial charge in [-0.05, 0) is 50.5 Å². The van der Waals surface area contributed by atoms with Crippen molar-refractivity contribution >= 4 is 15.7 Å². The minimum atomic E-state index is -3.26.